The summed E-state index contributed by atoms with van der Waals surface area (Å²) < 4.78 is 0. The minimum atomic E-state index is 0. The number of hydrogen-bond acceptors (Lipinski definition) is 2. The Kier molecular flexibility index (Phi) is 8.48. The SMILES string of the molecule is CN=C(NCc1ccsc1)NCC(C)c1cccc(C)c1.I. The van der Waals surface area contributed by atoms with Crippen LogP contribution in [0.1, 0.15) is 29.5 Å². The molecule has 0 fully saturated rings. The van der Waals surface area contributed by atoms with Gasteiger partial charge in [-0.3, -0.25) is 4.99 Å². The van der Waals surface area contributed by atoms with Gasteiger partial charge in [0.25, 0.3) is 0 Å². The lowest BCUT2D eigenvalue weighted by Gasteiger charge is -2.16. The molecule has 2 N–H and O–H groups in total. The molecule has 0 amide bonds. The number of rotatable bonds is 5. The maximum absolute atomic E-state index is 4.27. The van der Waals surface area contributed by atoms with Crippen molar-refractivity contribution in [2.45, 2.75) is 26.3 Å². The summed E-state index contributed by atoms with van der Waals surface area (Å²) in [6.07, 6.45) is 0. The van der Waals surface area contributed by atoms with Gasteiger partial charge in [0.1, 0.15) is 0 Å². The van der Waals surface area contributed by atoms with E-state index in [-0.39, 0.29) is 24.0 Å². The van der Waals surface area contributed by atoms with Crippen molar-refractivity contribution in [3.8, 4) is 0 Å². The van der Waals surface area contributed by atoms with Crippen LogP contribution >= 0.6 is 35.3 Å². The van der Waals surface area contributed by atoms with E-state index in [1.54, 1.807) is 18.4 Å². The second kappa shape index (κ2) is 9.84. The zero-order valence-corrected chi connectivity index (χ0v) is 16.4. The van der Waals surface area contributed by atoms with Crippen LogP contribution in [0.25, 0.3) is 0 Å². The van der Waals surface area contributed by atoms with E-state index >= 15 is 0 Å². The summed E-state index contributed by atoms with van der Waals surface area (Å²) >= 11 is 1.72. The number of halogens is 1. The van der Waals surface area contributed by atoms with E-state index < -0.39 is 0 Å². The first-order chi connectivity index (χ1) is 10.2. The molecular formula is C17H24IN3S. The summed E-state index contributed by atoms with van der Waals surface area (Å²) in [6, 6.07) is 10.8. The number of hydrogen-bond donors (Lipinski definition) is 2. The van der Waals surface area contributed by atoms with Gasteiger partial charge in [0, 0.05) is 20.1 Å². The molecule has 1 aromatic heterocycles. The fourth-order valence-corrected chi connectivity index (χ4v) is 2.81. The molecular weight excluding hydrogens is 405 g/mol. The molecule has 2 aromatic rings. The second-order valence-corrected chi connectivity index (χ2v) is 6.03. The predicted octanol–water partition coefficient (Wildman–Crippen LogP) is 4.14. The number of nitrogens with zero attached hydrogens (tertiary/aromatic N) is 1. The zero-order chi connectivity index (χ0) is 15.1. The van der Waals surface area contributed by atoms with Gasteiger partial charge in [0.05, 0.1) is 0 Å². The highest BCUT2D eigenvalue weighted by molar-refractivity contribution is 14.0. The topological polar surface area (TPSA) is 36.4 Å². The van der Waals surface area contributed by atoms with Crippen LogP contribution in [0, 0.1) is 6.92 Å². The van der Waals surface area contributed by atoms with Crippen LogP contribution in [0.4, 0.5) is 0 Å². The molecule has 0 aliphatic rings. The van der Waals surface area contributed by atoms with Crippen LogP contribution in [0.15, 0.2) is 46.1 Å². The van der Waals surface area contributed by atoms with E-state index in [1.807, 2.05) is 0 Å². The highest BCUT2D eigenvalue weighted by atomic mass is 127. The van der Waals surface area contributed by atoms with Crippen LogP contribution in [-0.4, -0.2) is 19.6 Å². The lowest BCUT2D eigenvalue weighted by Crippen LogP contribution is -2.38. The Morgan fingerprint density at radius 2 is 2.09 bits per heavy atom. The van der Waals surface area contributed by atoms with Gasteiger partial charge in [0.15, 0.2) is 5.96 Å². The molecule has 22 heavy (non-hydrogen) atoms. The molecule has 3 nitrogen and oxygen atoms in total. The second-order valence-electron chi connectivity index (χ2n) is 5.25. The molecule has 1 aromatic carbocycles. The van der Waals surface area contributed by atoms with Crippen molar-refractivity contribution in [2.24, 2.45) is 4.99 Å². The van der Waals surface area contributed by atoms with E-state index in [0.717, 1.165) is 19.0 Å². The van der Waals surface area contributed by atoms with Crippen LogP contribution in [0.5, 0.6) is 0 Å². The van der Waals surface area contributed by atoms with E-state index in [2.05, 4.69) is 70.6 Å². The molecule has 1 unspecified atom stereocenters. The molecule has 0 radical (unpaired) electrons. The largest absolute Gasteiger partial charge is 0.356 e. The Morgan fingerprint density at radius 1 is 1.27 bits per heavy atom. The molecule has 0 saturated carbocycles. The fourth-order valence-electron chi connectivity index (χ4n) is 2.14. The lowest BCUT2D eigenvalue weighted by atomic mass is 9.99. The number of thiophene rings is 1. The molecule has 0 aliphatic heterocycles. The van der Waals surface area contributed by atoms with Crippen molar-refractivity contribution in [2.75, 3.05) is 13.6 Å². The molecule has 5 heteroatoms. The van der Waals surface area contributed by atoms with Crippen molar-refractivity contribution in [1.82, 2.24) is 10.6 Å². The smallest absolute Gasteiger partial charge is 0.191 e. The monoisotopic (exact) mass is 429 g/mol. The first-order valence-electron chi connectivity index (χ1n) is 7.21. The fraction of sp³-hybridized carbons (Fsp3) is 0.353. The summed E-state index contributed by atoms with van der Waals surface area (Å²) in [7, 11) is 1.81. The highest BCUT2D eigenvalue weighted by Gasteiger charge is 2.06. The quantitative estimate of drug-likeness (QED) is 0.426. The van der Waals surface area contributed by atoms with Crippen LogP contribution in [0.2, 0.25) is 0 Å². The summed E-state index contributed by atoms with van der Waals surface area (Å²) in [5.74, 6) is 1.30. The van der Waals surface area contributed by atoms with E-state index in [1.165, 1.54) is 16.7 Å². The Labute approximate surface area is 154 Å². The van der Waals surface area contributed by atoms with E-state index in [4.69, 9.17) is 0 Å². The number of aliphatic imine (C=N–C) groups is 1. The Morgan fingerprint density at radius 3 is 2.73 bits per heavy atom. The van der Waals surface area contributed by atoms with Crippen LogP contribution in [-0.2, 0) is 6.54 Å². The number of benzene rings is 1. The number of guanidine groups is 1. The lowest BCUT2D eigenvalue weighted by molar-refractivity contribution is 0.698. The summed E-state index contributed by atoms with van der Waals surface area (Å²) in [6.45, 7) is 6.04. The van der Waals surface area contributed by atoms with Crippen LogP contribution in [0.3, 0.4) is 0 Å². The number of aryl methyl sites for hydroxylation is 1. The van der Waals surface area contributed by atoms with Gasteiger partial charge < -0.3 is 10.6 Å². The molecule has 1 heterocycles. The average Bonchev–Trinajstić information content (AvgIpc) is 3.00. The van der Waals surface area contributed by atoms with Gasteiger partial charge in [-0.1, -0.05) is 36.8 Å². The molecule has 2 rings (SSSR count). The summed E-state index contributed by atoms with van der Waals surface area (Å²) in [5, 5.41) is 11.0. The first-order valence-corrected chi connectivity index (χ1v) is 8.15. The summed E-state index contributed by atoms with van der Waals surface area (Å²) in [5.41, 5.74) is 3.95. The third-order valence-electron chi connectivity index (χ3n) is 3.45. The molecule has 0 saturated heterocycles. The summed E-state index contributed by atoms with van der Waals surface area (Å²) in [4.78, 5) is 4.27. The van der Waals surface area contributed by atoms with Gasteiger partial charge in [-0.15, -0.1) is 24.0 Å². The molecule has 120 valence electrons. The zero-order valence-electron chi connectivity index (χ0n) is 13.3. The highest BCUT2D eigenvalue weighted by Crippen LogP contribution is 2.15. The van der Waals surface area contributed by atoms with Crippen LogP contribution < -0.4 is 10.6 Å². The van der Waals surface area contributed by atoms with E-state index in [9.17, 15) is 0 Å². The molecule has 0 bridgehead atoms. The molecule has 0 aliphatic carbocycles. The van der Waals surface area contributed by atoms with Gasteiger partial charge in [-0.25, -0.2) is 0 Å². The minimum Gasteiger partial charge on any atom is -0.356 e. The molecule has 1 atom stereocenters. The van der Waals surface area contributed by atoms with Crippen molar-refractivity contribution in [3.05, 3.63) is 57.8 Å². The Hall–Kier alpha value is -1.08. The standard InChI is InChI=1S/C17H23N3S.HI/c1-13-5-4-6-16(9-13)14(2)10-19-17(18-3)20-11-15-7-8-21-12-15;/h4-9,12,14H,10-11H2,1-3H3,(H2,18,19,20);1H. The maximum atomic E-state index is 4.27. The number of nitrogens with one attached hydrogen (secondary N) is 2. The Balaban J connectivity index is 0.00000242. The van der Waals surface area contributed by atoms with E-state index in [0.29, 0.717) is 5.92 Å². The minimum absolute atomic E-state index is 0. The van der Waals surface area contributed by atoms with Crippen molar-refractivity contribution in [1.29, 1.82) is 0 Å². The van der Waals surface area contributed by atoms with Gasteiger partial charge in [0.2, 0.25) is 0 Å². The normalized spacial score (nSPS) is 12.4. The van der Waals surface area contributed by atoms with Gasteiger partial charge in [-0.05, 0) is 40.8 Å². The first kappa shape index (κ1) is 19.0. The third kappa shape index (κ3) is 5.96. The van der Waals surface area contributed by atoms with Gasteiger partial charge >= 0.3 is 0 Å². The molecule has 0 spiro atoms. The Bertz CT molecular complexity index is 581. The van der Waals surface area contributed by atoms with Gasteiger partial charge in [-0.2, -0.15) is 11.3 Å². The predicted molar refractivity (Wildman–Crippen MR) is 108 cm³/mol. The average molecular weight is 429 g/mol. The maximum Gasteiger partial charge on any atom is 0.191 e. The van der Waals surface area contributed by atoms with Crippen molar-refractivity contribution in [3.63, 3.8) is 0 Å². The third-order valence-corrected chi connectivity index (χ3v) is 4.18. The van der Waals surface area contributed by atoms with Crippen molar-refractivity contribution < 1.29 is 0 Å². The van der Waals surface area contributed by atoms with Crippen molar-refractivity contribution >= 4 is 41.3 Å².